The van der Waals surface area contributed by atoms with Crippen LogP contribution in [0.1, 0.15) is 11.7 Å². The number of fused-ring (bicyclic) bond motifs is 1. The predicted molar refractivity (Wildman–Crippen MR) is 55.3 cm³/mol. The van der Waals surface area contributed by atoms with E-state index in [1.165, 1.54) is 14.2 Å². The Morgan fingerprint density at radius 2 is 1.88 bits per heavy atom. The van der Waals surface area contributed by atoms with Gasteiger partial charge in [0, 0.05) is 14.2 Å². The first-order chi connectivity index (χ1) is 7.76. The Hall–Kier alpha value is -1.30. The Morgan fingerprint density at radius 3 is 2.56 bits per heavy atom. The molecule has 0 saturated heterocycles. The minimum Gasteiger partial charge on any atom is -0.454 e. The van der Waals surface area contributed by atoms with Gasteiger partial charge in [0.25, 0.3) is 0 Å². The van der Waals surface area contributed by atoms with Gasteiger partial charge in [-0.3, -0.25) is 0 Å². The summed E-state index contributed by atoms with van der Waals surface area (Å²) < 4.78 is 20.4. The van der Waals surface area contributed by atoms with Crippen molar-refractivity contribution in [3.8, 4) is 11.5 Å². The molecule has 1 aliphatic rings. The van der Waals surface area contributed by atoms with Crippen molar-refractivity contribution in [1.29, 1.82) is 0 Å². The minimum atomic E-state index is -0.857. The van der Waals surface area contributed by atoms with Crippen molar-refractivity contribution in [3.05, 3.63) is 23.8 Å². The quantitative estimate of drug-likeness (QED) is 0.778. The molecule has 5 heteroatoms. The number of hydrogen-bond donors (Lipinski definition) is 1. The van der Waals surface area contributed by atoms with Crippen molar-refractivity contribution in [2.45, 2.75) is 12.4 Å². The fraction of sp³-hybridized carbons (Fsp3) is 0.455. The Kier molecular flexibility index (Phi) is 3.28. The summed E-state index contributed by atoms with van der Waals surface area (Å²) in [4.78, 5) is 0. The van der Waals surface area contributed by atoms with Crippen LogP contribution in [0.25, 0.3) is 0 Å². The summed E-state index contributed by atoms with van der Waals surface area (Å²) in [5, 5.41) is 9.97. The molecule has 1 N–H and O–H groups in total. The van der Waals surface area contributed by atoms with E-state index in [2.05, 4.69) is 0 Å². The number of hydrogen-bond acceptors (Lipinski definition) is 5. The molecular weight excluding hydrogens is 212 g/mol. The molecule has 1 heterocycles. The fourth-order valence-corrected chi connectivity index (χ4v) is 1.61. The predicted octanol–water partition coefficient (Wildman–Crippen LogP) is 1.07. The molecule has 0 aromatic heterocycles. The maximum absolute atomic E-state index is 9.97. The van der Waals surface area contributed by atoms with Gasteiger partial charge in [0.05, 0.1) is 0 Å². The van der Waals surface area contributed by atoms with E-state index in [9.17, 15) is 5.11 Å². The van der Waals surface area contributed by atoms with Crippen molar-refractivity contribution in [2.75, 3.05) is 21.0 Å². The van der Waals surface area contributed by atoms with Gasteiger partial charge in [-0.05, 0) is 17.7 Å². The summed E-state index contributed by atoms with van der Waals surface area (Å²) in [5.41, 5.74) is 0.665. The summed E-state index contributed by atoms with van der Waals surface area (Å²) in [6.45, 7) is 0.215. The molecule has 1 atom stereocenters. The fourth-order valence-electron chi connectivity index (χ4n) is 1.61. The van der Waals surface area contributed by atoms with E-state index in [-0.39, 0.29) is 6.79 Å². The minimum absolute atomic E-state index is 0.215. The summed E-state index contributed by atoms with van der Waals surface area (Å²) in [7, 11) is 2.95. The van der Waals surface area contributed by atoms with E-state index in [1.807, 2.05) is 0 Å². The molecule has 0 saturated carbocycles. The normalized spacial score (nSPS) is 15.5. The van der Waals surface area contributed by atoms with Crippen molar-refractivity contribution in [3.63, 3.8) is 0 Å². The molecule has 88 valence electrons. The molecule has 5 nitrogen and oxygen atoms in total. The summed E-state index contributed by atoms with van der Waals surface area (Å²) in [6, 6.07) is 5.23. The summed E-state index contributed by atoms with van der Waals surface area (Å²) >= 11 is 0. The maximum Gasteiger partial charge on any atom is 0.231 e. The van der Waals surface area contributed by atoms with Crippen LogP contribution in [0, 0.1) is 0 Å². The zero-order chi connectivity index (χ0) is 11.5. The van der Waals surface area contributed by atoms with Crippen LogP contribution < -0.4 is 9.47 Å². The highest BCUT2D eigenvalue weighted by Crippen LogP contribution is 2.35. The number of aliphatic hydroxyl groups excluding tert-OH is 1. The first-order valence-corrected chi connectivity index (χ1v) is 4.89. The Balaban J connectivity index is 2.20. The lowest BCUT2D eigenvalue weighted by Gasteiger charge is -2.20. The average molecular weight is 226 g/mol. The van der Waals surface area contributed by atoms with Crippen LogP contribution in [0.4, 0.5) is 0 Å². The topological polar surface area (TPSA) is 57.2 Å². The van der Waals surface area contributed by atoms with Gasteiger partial charge in [0.15, 0.2) is 17.8 Å². The molecule has 0 spiro atoms. The number of ether oxygens (including phenoxy) is 4. The van der Waals surface area contributed by atoms with E-state index in [4.69, 9.17) is 18.9 Å². The molecule has 0 bridgehead atoms. The second-order valence-corrected chi connectivity index (χ2v) is 3.40. The number of methoxy groups -OCH3 is 2. The highest BCUT2D eigenvalue weighted by molar-refractivity contribution is 5.45. The highest BCUT2D eigenvalue weighted by atomic mass is 16.7. The molecule has 0 radical (unpaired) electrons. The molecule has 1 aliphatic heterocycles. The van der Waals surface area contributed by atoms with Crippen LogP contribution in [0.15, 0.2) is 18.2 Å². The maximum atomic E-state index is 9.97. The number of rotatable bonds is 4. The largest absolute Gasteiger partial charge is 0.454 e. The summed E-state index contributed by atoms with van der Waals surface area (Å²) in [5.74, 6) is 1.31. The molecule has 2 rings (SSSR count). The molecule has 1 aromatic carbocycles. The van der Waals surface area contributed by atoms with Crippen LogP contribution in [0.5, 0.6) is 11.5 Å². The lowest BCUT2D eigenvalue weighted by Crippen LogP contribution is -2.22. The van der Waals surface area contributed by atoms with E-state index in [0.29, 0.717) is 17.1 Å². The number of aliphatic hydroxyl groups is 1. The molecule has 0 amide bonds. The Bertz CT molecular complexity index is 361. The second-order valence-electron chi connectivity index (χ2n) is 3.40. The van der Waals surface area contributed by atoms with Crippen molar-refractivity contribution >= 4 is 0 Å². The first kappa shape index (κ1) is 11.2. The standard InChI is InChI=1S/C11H14O5/c1-13-11(14-2)10(12)7-3-4-8-9(5-7)16-6-15-8/h3-5,10-12H,6H2,1-2H3/t10-/m0/s1. The average Bonchev–Trinajstić information content (AvgIpc) is 2.77. The molecule has 0 aliphatic carbocycles. The summed E-state index contributed by atoms with van der Waals surface area (Å²) in [6.07, 6.45) is -1.55. The second kappa shape index (κ2) is 4.69. The lowest BCUT2D eigenvalue weighted by molar-refractivity contribution is -0.166. The van der Waals surface area contributed by atoms with E-state index in [1.54, 1.807) is 18.2 Å². The van der Waals surface area contributed by atoms with Gasteiger partial charge in [0.1, 0.15) is 6.10 Å². The molecule has 1 aromatic rings. The number of benzene rings is 1. The van der Waals surface area contributed by atoms with Crippen LogP contribution in [0.3, 0.4) is 0 Å². The first-order valence-electron chi connectivity index (χ1n) is 4.89. The third kappa shape index (κ3) is 1.97. The van der Waals surface area contributed by atoms with Crippen LogP contribution >= 0.6 is 0 Å². The molecule has 0 unspecified atom stereocenters. The van der Waals surface area contributed by atoms with Gasteiger partial charge in [-0.2, -0.15) is 0 Å². The zero-order valence-corrected chi connectivity index (χ0v) is 9.17. The molecular formula is C11H14O5. The van der Waals surface area contributed by atoms with Crippen LogP contribution in [-0.4, -0.2) is 32.4 Å². The van der Waals surface area contributed by atoms with E-state index in [0.717, 1.165) is 0 Å². The zero-order valence-electron chi connectivity index (χ0n) is 9.17. The third-order valence-electron chi connectivity index (χ3n) is 2.46. The van der Waals surface area contributed by atoms with Crippen LogP contribution in [0.2, 0.25) is 0 Å². The molecule has 0 fully saturated rings. The van der Waals surface area contributed by atoms with Gasteiger partial charge >= 0.3 is 0 Å². The van der Waals surface area contributed by atoms with E-state index >= 15 is 0 Å². The van der Waals surface area contributed by atoms with Gasteiger partial charge in [-0.1, -0.05) is 6.07 Å². The van der Waals surface area contributed by atoms with Crippen molar-refractivity contribution < 1.29 is 24.1 Å². The van der Waals surface area contributed by atoms with Crippen LogP contribution in [-0.2, 0) is 9.47 Å². The van der Waals surface area contributed by atoms with E-state index < -0.39 is 12.4 Å². The van der Waals surface area contributed by atoms with Gasteiger partial charge in [0.2, 0.25) is 6.79 Å². The lowest BCUT2D eigenvalue weighted by atomic mass is 10.1. The van der Waals surface area contributed by atoms with Gasteiger partial charge in [-0.25, -0.2) is 0 Å². The third-order valence-corrected chi connectivity index (χ3v) is 2.46. The Morgan fingerprint density at radius 1 is 1.19 bits per heavy atom. The van der Waals surface area contributed by atoms with Gasteiger partial charge in [-0.15, -0.1) is 0 Å². The highest BCUT2D eigenvalue weighted by Gasteiger charge is 2.22. The Labute approximate surface area is 93.5 Å². The van der Waals surface area contributed by atoms with Crippen molar-refractivity contribution in [2.24, 2.45) is 0 Å². The monoisotopic (exact) mass is 226 g/mol. The van der Waals surface area contributed by atoms with Crippen molar-refractivity contribution in [1.82, 2.24) is 0 Å². The van der Waals surface area contributed by atoms with Gasteiger partial charge < -0.3 is 24.1 Å². The molecule has 16 heavy (non-hydrogen) atoms. The smallest absolute Gasteiger partial charge is 0.231 e. The SMILES string of the molecule is COC(OC)[C@@H](O)c1ccc2c(c1)OCO2.